The number of nitrogens with one attached hydrogen (secondary N) is 1. The summed E-state index contributed by atoms with van der Waals surface area (Å²) in [5, 5.41) is 2.45. The molecule has 0 aliphatic rings. The number of ether oxygens (including phenoxy) is 3. The van der Waals surface area contributed by atoms with Crippen LogP contribution in [0.15, 0.2) is 46.9 Å². The number of halogens is 3. The minimum absolute atomic E-state index is 0.0902. The smallest absolute Gasteiger partial charge is 0.387 e. The third-order valence-electron chi connectivity index (χ3n) is 3.34. The lowest BCUT2D eigenvalue weighted by Gasteiger charge is -2.12. The Morgan fingerprint density at radius 2 is 1.81 bits per heavy atom. The Bertz CT molecular complexity index is 799. The summed E-state index contributed by atoms with van der Waals surface area (Å²) in [6.07, 6.45) is 0. The van der Waals surface area contributed by atoms with Crippen LogP contribution < -0.4 is 14.8 Å². The Balaban J connectivity index is 1.84. The fourth-order valence-electron chi connectivity index (χ4n) is 2.07. The van der Waals surface area contributed by atoms with E-state index in [1.165, 1.54) is 25.3 Å². The molecule has 2 aromatic carbocycles. The van der Waals surface area contributed by atoms with Gasteiger partial charge in [0.2, 0.25) is 0 Å². The third kappa shape index (κ3) is 6.52. The fourth-order valence-corrected chi connectivity index (χ4v) is 2.33. The molecule has 2 aromatic rings. The van der Waals surface area contributed by atoms with E-state index in [0.29, 0.717) is 11.1 Å². The van der Waals surface area contributed by atoms with Gasteiger partial charge in [0.05, 0.1) is 7.11 Å². The molecule has 144 valence electrons. The van der Waals surface area contributed by atoms with Crippen LogP contribution in [0.2, 0.25) is 0 Å². The maximum atomic E-state index is 12.3. The van der Waals surface area contributed by atoms with Gasteiger partial charge >= 0.3 is 12.6 Å². The highest BCUT2D eigenvalue weighted by Crippen LogP contribution is 2.29. The van der Waals surface area contributed by atoms with Crippen molar-refractivity contribution in [1.29, 1.82) is 0 Å². The monoisotopic (exact) mass is 443 g/mol. The summed E-state index contributed by atoms with van der Waals surface area (Å²) in [7, 11) is 1.31. The van der Waals surface area contributed by atoms with Crippen molar-refractivity contribution < 1.29 is 32.6 Å². The van der Waals surface area contributed by atoms with Gasteiger partial charge in [-0.15, -0.1) is 0 Å². The maximum Gasteiger partial charge on any atom is 0.387 e. The number of carbonyl (C=O) groups excluding carboxylic acids is 2. The van der Waals surface area contributed by atoms with Crippen LogP contribution in [-0.4, -0.2) is 32.1 Å². The van der Waals surface area contributed by atoms with Gasteiger partial charge in [-0.25, -0.2) is 0 Å². The molecule has 0 aliphatic heterocycles. The molecule has 0 fully saturated rings. The van der Waals surface area contributed by atoms with E-state index in [1.54, 1.807) is 24.3 Å². The molecule has 9 heteroatoms. The van der Waals surface area contributed by atoms with Crippen molar-refractivity contribution >= 4 is 27.8 Å². The molecule has 6 nitrogen and oxygen atoms in total. The van der Waals surface area contributed by atoms with E-state index in [2.05, 4.69) is 26.0 Å². The first kappa shape index (κ1) is 20.6. The number of rotatable bonds is 8. The lowest BCUT2D eigenvalue weighted by molar-refractivity contribution is -0.143. The Kier molecular flexibility index (Phi) is 7.54. The maximum absolute atomic E-state index is 12.3. The molecule has 1 amide bonds. The Morgan fingerprint density at radius 1 is 1.11 bits per heavy atom. The standard InChI is InChI=1S/C18H16BrF2NO5/c1-25-15-8-11(2-7-14(15)27-18(20)21)10-26-16(23)9-22-17(24)12-3-5-13(19)6-4-12/h2-8,18H,9-10H2,1H3,(H,22,24). The molecule has 0 spiro atoms. The van der Waals surface area contributed by atoms with Crippen LogP contribution in [0.5, 0.6) is 11.5 Å². The lowest BCUT2D eigenvalue weighted by atomic mass is 10.2. The predicted octanol–water partition coefficient (Wildman–Crippen LogP) is 3.53. The first-order chi connectivity index (χ1) is 12.9. The van der Waals surface area contributed by atoms with E-state index in [1.807, 2.05) is 0 Å². The molecule has 0 aliphatic carbocycles. The minimum atomic E-state index is -2.98. The normalized spacial score (nSPS) is 10.4. The lowest BCUT2D eigenvalue weighted by Crippen LogP contribution is -2.30. The molecule has 0 aromatic heterocycles. The van der Waals surface area contributed by atoms with Crippen LogP contribution in [0.25, 0.3) is 0 Å². The van der Waals surface area contributed by atoms with E-state index in [-0.39, 0.29) is 24.7 Å². The van der Waals surface area contributed by atoms with Crippen molar-refractivity contribution in [3.63, 3.8) is 0 Å². The van der Waals surface area contributed by atoms with Crippen LogP contribution in [0.1, 0.15) is 15.9 Å². The van der Waals surface area contributed by atoms with Crippen molar-refractivity contribution in [2.75, 3.05) is 13.7 Å². The summed E-state index contributed by atoms with van der Waals surface area (Å²) >= 11 is 3.27. The second-order valence-electron chi connectivity index (χ2n) is 5.21. The van der Waals surface area contributed by atoms with Gasteiger partial charge in [-0.2, -0.15) is 8.78 Å². The summed E-state index contributed by atoms with van der Waals surface area (Å²) in [6, 6.07) is 10.8. The largest absolute Gasteiger partial charge is 0.493 e. The van der Waals surface area contributed by atoms with Gasteiger partial charge in [0, 0.05) is 10.0 Å². The second-order valence-corrected chi connectivity index (χ2v) is 6.13. The van der Waals surface area contributed by atoms with Gasteiger partial charge in [-0.05, 0) is 42.0 Å². The molecule has 0 saturated heterocycles. The van der Waals surface area contributed by atoms with E-state index < -0.39 is 18.5 Å². The molecule has 0 bridgehead atoms. The van der Waals surface area contributed by atoms with Crippen molar-refractivity contribution in [3.8, 4) is 11.5 Å². The van der Waals surface area contributed by atoms with Gasteiger partial charge in [0.1, 0.15) is 13.2 Å². The number of benzene rings is 2. The highest BCUT2D eigenvalue weighted by Gasteiger charge is 2.13. The molecule has 0 radical (unpaired) electrons. The zero-order valence-corrected chi connectivity index (χ0v) is 15.8. The molecule has 1 N–H and O–H groups in total. The number of carbonyl (C=O) groups is 2. The summed E-state index contributed by atoms with van der Waals surface area (Å²) in [4.78, 5) is 23.7. The van der Waals surface area contributed by atoms with Crippen molar-refractivity contribution in [2.24, 2.45) is 0 Å². The van der Waals surface area contributed by atoms with E-state index in [9.17, 15) is 18.4 Å². The van der Waals surface area contributed by atoms with Gasteiger partial charge in [-0.3, -0.25) is 9.59 Å². The van der Waals surface area contributed by atoms with Crippen LogP contribution in [0.4, 0.5) is 8.78 Å². The molecule has 0 unspecified atom stereocenters. The SMILES string of the molecule is COc1cc(COC(=O)CNC(=O)c2ccc(Br)cc2)ccc1OC(F)F. The first-order valence-corrected chi connectivity index (χ1v) is 8.49. The van der Waals surface area contributed by atoms with Crippen LogP contribution in [0, 0.1) is 0 Å². The molecular formula is C18H16BrF2NO5. The molecule has 0 saturated carbocycles. The highest BCUT2D eigenvalue weighted by molar-refractivity contribution is 9.10. The minimum Gasteiger partial charge on any atom is -0.493 e. The van der Waals surface area contributed by atoms with Gasteiger partial charge in [0.25, 0.3) is 5.91 Å². The predicted molar refractivity (Wildman–Crippen MR) is 95.9 cm³/mol. The molecule has 27 heavy (non-hydrogen) atoms. The highest BCUT2D eigenvalue weighted by atomic mass is 79.9. The second kappa shape index (κ2) is 9.86. The van der Waals surface area contributed by atoms with E-state index >= 15 is 0 Å². The Labute approximate surface area is 162 Å². The zero-order valence-electron chi connectivity index (χ0n) is 14.2. The van der Waals surface area contributed by atoms with E-state index in [4.69, 9.17) is 9.47 Å². The number of methoxy groups -OCH3 is 1. The summed E-state index contributed by atoms with van der Waals surface area (Å²) in [5.74, 6) is -1.08. The molecular weight excluding hydrogens is 428 g/mol. The van der Waals surface area contributed by atoms with Crippen LogP contribution in [-0.2, 0) is 16.1 Å². The van der Waals surface area contributed by atoms with Crippen molar-refractivity contribution in [2.45, 2.75) is 13.2 Å². The van der Waals surface area contributed by atoms with Crippen molar-refractivity contribution in [3.05, 3.63) is 58.1 Å². The number of alkyl halides is 2. The number of esters is 1. The van der Waals surface area contributed by atoms with Crippen LogP contribution in [0.3, 0.4) is 0 Å². The van der Waals surface area contributed by atoms with Crippen LogP contribution >= 0.6 is 15.9 Å². The number of amides is 1. The average molecular weight is 444 g/mol. The third-order valence-corrected chi connectivity index (χ3v) is 3.87. The molecule has 0 heterocycles. The number of hydrogen-bond donors (Lipinski definition) is 1. The Hall–Kier alpha value is -2.68. The average Bonchev–Trinajstić information content (AvgIpc) is 2.65. The zero-order chi connectivity index (χ0) is 19.8. The summed E-state index contributed by atoms with van der Waals surface area (Å²) in [6.45, 7) is -3.39. The summed E-state index contributed by atoms with van der Waals surface area (Å²) in [5.41, 5.74) is 0.923. The molecule has 2 rings (SSSR count). The molecule has 0 atom stereocenters. The van der Waals surface area contributed by atoms with Gasteiger partial charge < -0.3 is 19.5 Å². The van der Waals surface area contributed by atoms with E-state index in [0.717, 1.165) is 4.47 Å². The van der Waals surface area contributed by atoms with Crippen molar-refractivity contribution in [1.82, 2.24) is 5.32 Å². The fraction of sp³-hybridized carbons (Fsp3) is 0.222. The number of hydrogen-bond acceptors (Lipinski definition) is 5. The Morgan fingerprint density at radius 3 is 2.44 bits per heavy atom. The van der Waals surface area contributed by atoms with Gasteiger partial charge in [-0.1, -0.05) is 22.0 Å². The first-order valence-electron chi connectivity index (χ1n) is 7.70. The van der Waals surface area contributed by atoms with Gasteiger partial charge in [0.15, 0.2) is 11.5 Å². The summed E-state index contributed by atoms with van der Waals surface area (Å²) < 4.78 is 39.8. The quantitative estimate of drug-likeness (QED) is 0.631. The topological polar surface area (TPSA) is 73.9 Å².